The molecule has 1 aliphatic rings. The van der Waals surface area contributed by atoms with E-state index >= 15 is 0 Å². The number of carbonyl (C=O) groups is 1. The first-order valence-corrected chi connectivity index (χ1v) is 10.2. The van der Waals surface area contributed by atoms with Crippen LogP contribution in [-0.4, -0.2) is 32.7 Å². The largest absolute Gasteiger partial charge is 0.476 e. The fraction of sp³-hybridized carbons (Fsp3) is 0.316. The summed E-state index contributed by atoms with van der Waals surface area (Å²) in [6.45, 7) is 3.54. The van der Waals surface area contributed by atoms with Crippen LogP contribution in [0.5, 0.6) is 5.75 Å². The van der Waals surface area contributed by atoms with Crippen LogP contribution >= 0.6 is 0 Å². The second-order valence-electron chi connectivity index (χ2n) is 6.01. The molecule has 1 aliphatic heterocycles. The van der Waals surface area contributed by atoms with Gasteiger partial charge in [-0.2, -0.15) is 0 Å². The summed E-state index contributed by atoms with van der Waals surface area (Å²) in [5.41, 5.74) is 2.19. The molecule has 0 saturated heterocycles. The van der Waals surface area contributed by atoms with Crippen molar-refractivity contribution in [3.8, 4) is 5.75 Å². The summed E-state index contributed by atoms with van der Waals surface area (Å²) in [6.07, 6.45) is -0.141. The Morgan fingerprint density at radius 2 is 1.85 bits per heavy atom. The van der Waals surface area contributed by atoms with E-state index in [1.807, 2.05) is 31.2 Å². The second kappa shape index (κ2) is 7.37. The predicted molar refractivity (Wildman–Crippen MR) is 102 cm³/mol. The molecule has 6 nitrogen and oxygen atoms in total. The molecule has 2 aromatic rings. The maximum Gasteiger partial charge on any atom is 0.267 e. The molecule has 1 N–H and O–H groups in total. The van der Waals surface area contributed by atoms with Gasteiger partial charge in [0.25, 0.3) is 5.91 Å². The summed E-state index contributed by atoms with van der Waals surface area (Å²) in [5, 5.41) is 2.87. The molecule has 138 valence electrons. The SMILES string of the molecule is CCc1ccccc1NC(=O)[C@@H]1CN(S(=O)(=O)CC)c2ccccc2O1. The van der Waals surface area contributed by atoms with Crippen molar-refractivity contribution in [1.29, 1.82) is 0 Å². The van der Waals surface area contributed by atoms with Gasteiger partial charge in [0.1, 0.15) is 5.75 Å². The Kier molecular flexibility index (Phi) is 5.18. The normalized spacial score (nSPS) is 16.5. The number of rotatable bonds is 5. The lowest BCUT2D eigenvalue weighted by atomic mass is 10.1. The molecule has 0 aliphatic carbocycles. The summed E-state index contributed by atoms with van der Waals surface area (Å²) in [4.78, 5) is 12.7. The molecule has 7 heteroatoms. The highest BCUT2D eigenvalue weighted by Gasteiger charge is 2.36. The van der Waals surface area contributed by atoms with Gasteiger partial charge in [-0.25, -0.2) is 8.42 Å². The van der Waals surface area contributed by atoms with Crippen LogP contribution in [0, 0.1) is 0 Å². The molecular formula is C19H22N2O4S. The minimum absolute atomic E-state index is 0.0473. The summed E-state index contributed by atoms with van der Waals surface area (Å²) >= 11 is 0. The fourth-order valence-electron chi connectivity index (χ4n) is 2.92. The Hall–Kier alpha value is -2.54. The number of sulfonamides is 1. The molecule has 0 aromatic heterocycles. The zero-order valence-corrected chi connectivity index (χ0v) is 15.6. The van der Waals surface area contributed by atoms with Gasteiger partial charge in [0.05, 0.1) is 18.0 Å². The van der Waals surface area contributed by atoms with Crippen molar-refractivity contribution in [1.82, 2.24) is 0 Å². The van der Waals surface area contributed by atoms with Gasteiger partial charge in [0.15, 0.2) is 6.10 Å². The van der Waals surface area contributed by atoms with Crippen molar-refractivity contribution in [2.24, 2.45) is 0 Å². The zero-order chi connectivity index (χ0) is 18.7. The minimum atomic E-state index is -3.51. The van der Waals surface area contributed by atoms with Gasteiger partial charge in [-0.3, -0.25) is 9.10 Å². The highest BCUT2D eigenvalue weighted by molar-refractivity contribution is 7.92. The highest BCUT2D eigenvalue weighted by atomic mass is 32.2. The van der Waals surface area contributed by atoms with Crippen LogP contribution in [0.15, 0.2) is 48.5 Å². The van der Waals surface area contributed by atoms with Gasteiger partial charge in [-0.15, -0.1) is 0 Å². The monoisotopic (exact) mass is 374 g/mol. The quantitative estimate of drug-likeness (QED) is 0.873. The summed E-state index contributed by atoms with van der Waals surface area (Å²) in [6, 6.07) is 14.4. The first-order chi connectivity index (χ1) is 12.5. The molecule has 0 radical (unpaired) electrons. The number of para-hydroxylation sites is 3. The smallest absolute Gasteiger partial charge is 0.267 e. The van der Waals surface area contributed by atoms with Gasteiger partial charge in [-0.1, -0.05) is 37.3 Å². The van der Waals surface area contributed by atoms with E-state index in [-0.39, 0.29) is 18.2 Å². The minimum Gasteiger partial charge on any atom is -0.476 e. The van der Waals surface area contributed by atoms with Crippen molar-refractivity contribution in [2.75, 3.05) is 21.9 Å². The number of nitrogens with zero attached hydrogens (tertiary/aromatic N) is 1. The number of benzene rings is 2. The van der Waals surface area contributed by atoms with Gasteiger partial charge in [0.2, 0.25) is 10.0 Å². The first kappa shape index (κ1) is 18.3. The zero-order valence-electron chi connectivity index (χ0n) is 14.8. The molecule has 1 atom stereocenters. The summed E-state index contributed by atoms with van der Waals surface area (Å²) in [7, 11) is -3.51. The van der Waals surface area contributed by atoms with E-state index in [2.05, 4.69) is 5.32 Å². The number of amides is 1. The van der Waals surface area contributed by atoms with Crippen molar-refractivity contribution in [3.63, 3.8) is 0 Å². The lowest BCUT2D eigenvalue weighted by Gasteiger charge is -2.34. The second-order valence-corrected chi connectivity index (χ2v) is 8.19. The number of carbonyl (C=O) groups excluding carboxylic acids is 1. The fourth-order valence-corrected chi connectivity index (χ4v) is 4.05. The lowest BCUT2D eigenvalue weighted by molar-refractivity contribution is -0.122. The Labute approximate surface area is 153 Å². The third-order valence-corrected chi connectivity index (χ3v) is 6.13. The van der Waals surface area contributed by atoms with E-state index in [0.717, 1.165) is 12.0 Å². The number of hydrogen-bond donors (Lipinski definition) is 1. The molecule has 26 heavy (non-hydrogen) atoms. The van der Waals surface area contributed by atoms with Crippen LogP contribution in [0.2, 0.25) is 0 Å². The molecule has 1 amide bonds. The van der Waals surface area contributed by atoms with Crippen molar-refractivity contribution in [2.45, 2.75) is 26.4 Å². The number of nitrogens with one attached hydrogen (secondary N) is 1. The topological polar surface area (TPSA) is 75.7 Å². The van der Waals surface area contributed by atoms with E-state index in [9.17, 15) is 13.2 Å². The molecular weight excluding hydrogens is 352 g/mol. The van der Waals surface area contributed by atoms with Gasteiger partial charge in [-0.05, 0) is 37.1 Å². The molecule has 0 bridgehead atoms. The maximum atomic E-state index is 12.7. The first-order valence-electron chi connectivity index (χ1n) is 8.61. The number of anilines is 2. The number of ether oxygens (including phenoxy) is 1. The predicted octanol–water partition coefficient (Wildman–Crippen LogP) is 2.80. The van der Waals surface area contributed by atoms with Crippen LogP contribution in [-0.2, 0) is 21.2 Å². The maximum absolute atomic E-state index is 12.7. The van der Waals surface area contributed by atoms with Crippen molar-refractivity contribution >= 4 is 27.3 Å². The lowest BCUT2D eigenvalue weighted by Crippen LogP contribution is -2.49. The molecule has 1 heterocycles. The van der Waals surface area contributed by atoms with Crippen LogP contribution in [0.3, 0.4) is 0 Å². The van der Waals surface area contributed by atoms with Crippen LogP contribution in [0.25, 0.3) is 0 Å². The Balaban J connectivity index is 1.89. The van der Waals surface area contributed by atoms with E-state index in [4.69, 9.17) is 4.74 Å². The van der Waals surface area contributed by atoms with E-state index in [1.165, 1.54) is 4.31 Å². The van der Waals surface area contributed by atoms with Crippen LogP contribution in [0.4, 0.5) is 11.4 Å². The summed E-state index contributed by atoms with van der Waals surface area (Å²) < 4.78 is 32.0. The standard InChI is InChI=1S/C19H22N2O4S/c1-3-14-9-5-6-10-15(14)20-19(22)18-13-21(26(23,24)4-2)16-11-7-8-12-17(16)25-18/h5-12,18H,3-4,13H2,1-2H3,(H,20,22)/t18-/m0/s1. The molecule has 0 unspecified atom stereocenters. The Morgan fingerprint density at radius 1 is 1.15 bits per heavy atom. The van der Waals surface area contributed by atoms with E-state index in [0.29, 0.717) is 17.1 Å². The average Bonchev–Trinajstić information content (AvgIpc) is 2.67. The molecule has 0 spiro atoms. The molecule has 3 rings (SSSR count). The summed E-state index contributed by atoms with van der Waals surface area (Å²) in [5.74, 6) is -0.0228. The van der Waals surface area contributed by atoms with Crippen LogP contribution in [0.1, 0.15) is 19.4 Å². The third-order valence-electron chi connectivity index (χ3n) is 4.38. The van der Waals surface area contributed by atoms with Gasteiger partial charge < -0.3 is 10.1 Å². The average molecular weight is 374 g/mol. The Bertz CT molecular complexity index is 911. The van der Waals surface area contributed by atoms with E-state index in [1.54, 1.807) is 31.2 Å². The Morgan fingerprint density at radius 3 is 2.58 bits per heavy atom. The van der Waals surface area contributed by atoms with Crippen LogP contribution < -0.4 is 14.4 Å². The molecule has 2 aromatic carbocycles. The molecule has 0 saturated carbocycles. The highest BCUT2D eigenvalue weighted by Crippen LogP contribution is 2.35. The number of aryl methyl sites for hydroxylation is 1. The van der Waals surface area contributed by atoms with Gasteiger partial charge >= 0.3 is 0 Å². The third kappa shape index (κ3) is 3.53. The van der Waals surface area contributed by atoms with Crippen molar-refractivity contribution in [3.05, 3.63) is 54.1 Å². The van der Waals surface area contributed by atoms with Gasteiger partial charge in [0, 0.05) is 5.69 Å². The number of fused-ring (bicyclic) bond motifs is 1. The van der Waals surface area contributed by atoms with E-state index < -0.39 is 16.1 Å². The van der Waals surface area contributed by atoms with Crippen molar-refractivity contribution < 1.29 is 17.9 Å². The number of hydrogen-bond acceptors (Lipinski definition) is 4. The molecule has 0 fully saturated rings.